The van der Waals surface area contributed by atoms with Crippen molar-refractivity contribution in [3.8, 4) is 11.6 Å². The molecule has 0 fully saturated rings. The first-order valence-electron chi connectivity index (χ1n) is 4.34. The van der Waals surface area contributed by atoms with E-state index in [1.807, 2.05) is 0 Å². The number of pyridine rings is 1. The van der Waals surface area contributed by atoms with Crippen LogP contribution in [0.4, 0.5) is 18.9 Å². The number of carbonyl (C=O) groups is 1. The van der Waals surface area contributed by atoms with Crippen LogP contribution in [0.15, 0.2) is 6.07 Å². The Balaban J connectivity index is 3.49. The average molecular weight is 301 g/mol. The van der Waals surface area contributed by atoms with Gasteiger partial charge in [0.15, 0.2) is 0 Å². The maximum atomic E-state index is 12.1. The molecule has 1 heterocycles. The lowest BCUT2D eigenvalue weighted by Crippen LogP contribution is -2.19. The Kier molecular flexibility index (Phi) is 4.14. The second-order valence-electron chi connectivity index (χ2n) is 2.94. The number of nitrogens with zero attached hydrogens (tertiary/aromatic N) is 2. The van der Waals surface area contributed by atoms with Gasteiger partial charge < -0.3 is 9.47 Å². The van der Waals surface area contributed by atoms with Crippen LogP contribution in [-0.4, -0.2) is 28.6 Å². The van der Waals surface area contributed by atoms with Crippen molar-refractivity contribution in [1.29, 1.82) is 0 Å². The average Bonchev–Trinajstić information content (AvgIpc) is 2.25. The summed E-state index contributed by atoms with van der Waals surface area (Å²) < 4.78 is 44.2. The third kappa shape index (κ3) is 3.68. The van der Waals surface area contributed by atoms with Gasteiger partial charge in [0.1, 0.15) is 5.69 Å². The highest BCUT2D eigenvalue weighted by molar-refractivity contribution is 6.67. The summed E-state index contributed by atoms with van der Waals surface area (Å²) in [5, 5.41) is 9.40. The molecular weight excluding hydrogens is 297 g/mol. The van der Waals surface area contributed by atoms with Crippen molar-refractivity contribution in [2.75, 3.05) is 7.11 Å². The summed E-state index contributed by atoms with van der Waals surface area (Å²) in [5.41, 5.74) is -1.70. The van der Waals surface area contributed by atoms with E-state index in [1.54, 1.807) is 0 Å². The number of halogens is 4. The van der Waals surface area contributed by atoms with E-state index in [4.69, 9.17) is 11.6 Å². The minimum Gasteiger partial charge on any atom is -0.486 e. The van der Waals surface area contributed by atoms with Crippen molar-refractivity contribution in [3.05, 3.63) is 21.9 Å². The van der Waals surface area contributed by atoms with E-state index >= 15 is 0 Å². The summed E-state index contributed by atoms with van der Waals surface area (Å²) in [6, 6.07) is 0.581. The standard InChI is InChI=1S/C8H4ClF3N2O5/c1-18-5-4(14(16)17)2-3(6(9)15)13-7(5)19-8(10,11)12/h2H,1H3. The van der Waals surface area contributed by atoms with Crippen LogP contribution in [0.5, 0.6) is 11.6 Å². The van der Waals surface area contributed by atoms with E-state index in [-0.39, 0.29) is 0 Å². The second kappa shape index (κ2) is 5.26. The van der Waals surface area contributed by atoms with Gasteiger partial charge in [0.25, 0.3) is 16.9 Å². The Labute approximate surface area is 108 Å². The van der Waals surface area contributed by atoms with Crippen molar-refractivity contribution < 1.29 is 32.4 Å². The number of ether oxygens (including phenoxy) is 2. The van der Waals surface area contributed by atoms with Gasteiger partial charge in [-0.2, -0.15) is 0 Å². The van der Waals surface area contributed by atoms with Crippen LogP contribution in [0.2, 0.25) is 0 Å². The fourth-order valence-electron chi connectivity index (χ4n) is 1.10. The fraction of sp³-hybridized carbons (Fsp3) is 0.250. The van der Waals surface area contributed by atoms with Crippen LogP contribution in [0.3, 0.4) is 0 Å². The molecule has 1 aromatic rings. The molecule has 0 aliphatic carbocycles. The molecule has 0 aliphatic rings. The number of rotatable bonds is 4. The predicted octanol–water partition coefficient (Wildman–Crippen LogP) is 2.28. The monoisotopic (exact) mass is 300 g/mol. The Hall–Kier alpha value is -2.10. The number of carbonyl (C=O) groups excluding carboxylic acids is 1. The zero-order chi connectivity index (χ0) is 14.8. The number of alkyl halides is 3. The summed E-state index contributed by atoms with van der Waals surface area (Å²) in [6.45, 7) is 0. The topological polar surface area (TPSA) is 91.6 Å². The normalized spacial score (nSPS) is 11.0. The van der Waals surface area contributed by atoms with E-state index in [0.717, 1.165) is 7.11 Å². The summed E-state index contributed by atoms with van der Waals surface area (Å²) in [7, 11) is 0.884. The molecule has 0 bridgehead atoms. The van der Waals surface area contributed by atoms with Gasteiger partial charge in [-0.15, -0.1) is 13.2 Å². The van der Waals surface area contributed by atoms with E-state index in [9.17, 15) is 28.1 Å². The van der Waals surface area contributed by atoms with Crippen LogP contribution in [0, 0.1) is 10.1 Å². The Bertz CT molecular complexity index is 534. The highest BCUT2D eigenvalue weighted by Crippen LogP contribution is 2.38. The van der Waals surface area contributed by atoms with Gasteiger partial charge in [0.2, 0.25) is 0 Å². The first-order valence-corrected chi connectivity index (χ1v) is 4.72. The number of hydrogen-bond donors (Lipinski definition) is 0. The molecule has 0 aliphatic heterocycles. The summed E-state index contributed by atoms with van der Waals surface area (Å²) >= 11 is 5.02. The van der Waals surface area contributed by atoms with Crippen molar-refractivity contribution in [2.45, 2.75) is 6.36 Å². The number of hydrogen-bond acceptors (Lipinski definition) is 6. The summed E-state index contributed by atoms with van der Waals surface area (Å²) in [5.74, 6) is -2.14. The molecule has 0 N–H and O–H groups in total. The molecule has 0 unspecified atom stereocenters. The van der Waals surface area contributed by atoms with Gasteiger partial charge in [-0.25, -0.2) is 4.98 Å². The Morgan fingerprint density at radius 3 is 2.47 bits per heavy atom. The minimum atomic E-state index is -5.16. The smallest absolute Gasteiger partial charge is 0.486 e. The van der Waals surface area contributed by atoms with E-state index in [1.165, 1.54) is 0 Å². The molecule has 11 heteroatoms. The maximum absolute atomic E-state index is 12.1. The van der Waals surface area contributed by atoms with Gasteiger partial charge in [-0.1, -0.05) is 0 Å². The Morgan fingerprint density at radius 2 is 2.11 bits per heavy atom. The fourth-order valence-corrected chi connectivity index (χ4v) is 1.20. The summed E-state index contributed by atoms with van der Waals surface area (Å²) in [4.78, 5) is 23.6. The lowest BCUT2D eigenvalue weighted by Gasteiger charge is -2.11. The van der Waals surface area contributed by atoms with E-state index < -0.39 is 39.5 Å². The molecule has 19 heavy (non-hydrogen) atoms. The molecule has 1 rings (SSSR count). The zero-order valence-corrected chi connectivity index (χ0v) is 9.78. The molecule has 0 amide bonds. The molecule has 104 valence electrons. The number of aromatic nitrogens is 1. The lowest BCUT2D eigenvalue weighted by molar-refractivity contribution is -0.386. The largest absolute Gasteiger partial charge is 0.574 e. The predicted molar refractivity (Wildman–Crippen MR) is 54.3 cm³/mol. The van der Waals surface area contributed by atoms with E-state index in [0.29, 0.717) is 6.07 Å². The molecular formula is C8H4ClF3N2O5. The van der Waals surface area contributed by atoms with Gasteiger partial charge >= 0.3 is 12.0 Å². The minimum absolute atomic E-state index is 0.581. The maximum Gasteiger partial charge on any atom is 0.574 e. The third-order valence-electron chi connectivity index (χ3n) is 1.74. The molecule has 7 nitrogen and oxygen atoms in total. The zero-order valence-electron chi connectivity index (χ0n) is 9.02. The van der Waals surface area contributed by atoms with Gasteiger partial charge in [0, 0.05) is 0 Å². The molecule has 0 aromatic carbocycles. The summed E-state index contributed by atoms with van der Waals surface area (Å²) in [6.07, 6.45) is -5.16. The van der Waals surface area contributed by atoms with Crippen LogP contribution in [0.25, 0.3) is 0 Å². The van der Waals surface area contributed by atoms with Gasteiger partial charge in [0.05, 0.1) is 18.1 Å². The highest BCUT2D eigenvalue weighted by Gasteiger charge is 2.36. The molecule has 0 saturated heterocycles. The number of methoxy groups -OCH3 is 1. The SMILES string of the molecule is COc1c([N+](=O)[O-])cc(C(=O)Cl)nc1OC(F)(F)F. The van der Waals surface area contributed by atoms with Crippen LogP contribution in [-0.2, 0) is 0 Å². The third-order valence-corrected chi connectivity index (χ3v) is 1.93. The van der Waals surface area contributed by atoms with E-state index in [2.05, 4.69) is 14.5 Å². The van der Waals surface area contributed by atoms with Crippen LogP contribution >= 0.6 is 11.6 Å². The highest BCUT2D eigenvalue weighted by atomic mass is 35.5. The molecule has 0 saturated carbocycles. The number of nitro groups is 1. The molecule has 0 spiro atoms. The lowest BCUT2D eigenvalue weighted by atomic mass is 10.3. The van der Waals surface area contributed by atoms with Crippen LogP contribution in [0.1, 0.15) is 10.5 Å². The van der Waals surface area contributed by atoms with Crippen molar-refractivity contribution in [1.82, 2.24) is 4.98 Å². The first-order chi connectivity index (χ1) is 8.65. The molecule has 0 radical (unpaired) electrons. The van der Waals surface area contributed by atoms with Gasteiger partial charge in [-0.05, 0) is 11.6 Å². The van der Waals surface area contributed by atoms with Crippen molar-refractivity contribution in [2.24, 2.45) is 0 Å². The van der Waals surface area contributed by atoms with Crippen molar-refractivity contribution in [3.63, 3.8) is 0 Å². The Morgan fingerprint density at radius 1 is 1.53 bits per heavy atom. The first kappa shape index (κ1) is 15.0. The second-order valence-corrected chi connectivity index (χ2v) is 3.29. The van der Waals surface area contributed by atoms with Crippen molar-refractivity contribution >= 4 is 22.5 Å². The molecule has 0 atom stereocenters. The van der Waals surface area contributed by atoms with Gasteiger partial charge in [-0.3, -0.25) is 14.9 Å². The van der Waals surface area contributed by atoms with Crippen LogP contribution < -0.4 is 9.47 Å². The molecule has 1 aromatic heterocycles. The quantitative estimate of drug-likeness (QED) is 0.481.